The largest absolute Gasteiger partial charge is 0.319 e. The molecule has 0 fully saturated rings. The van der Waals surface area contributed by atoms with Gasteiger partial charge in [-0.25, -0.2) is 0 Å². The summed E-state index contributed by atoms with van der Waals surface area (Å²) in [7, 11) is 7.39. The molecule has 0 rings (SSSR count). The van der Waals surface area contributed by atoms with Gasteiger partial charge in [-0.05, 0) is 25.1 Å². The first kappa shape index (κ1) is 8.62. The third-order valence-electron chi connectivity index (χ3n) is 0.578. The maximum atomic E-state index is 3.06. The first-order valence-corrected chi connectivity index (χ1v) is 4.83. The van der Waals surface area contributed by atoms with Gasteiger partial charge in [-0.15, -0.1) is 0 Å². The molecule has 0 radical (unpaired) electrons. The van der Waals surface area contributed by atoms with Crippen molar-refractivity contribution in [1.29, 1.82) is 0 Å². The highest BCUT2D eigenvalue weighted by Gasteiger charge is 1.82. The summed E-state index contributed by atoms with van der Waals surface area (Å²) in [5.41, 5.74) is 0. The highest BCUT2D eigenvalue weighted by atomic mass is 33.1. The first-order chi connectivity index (χ1) is 3.91. The van der Waals surface area contributed by atoms with Gasteiger partial charge < -0.3 is 5.32 Å². The van der Waals surface area contributed by atoms with Crippen LogP contribution in [-0.4, -0.2) is 26.4 Å². The molecule has 0 heterocycles. The Hall–Kier alpha value is 0.620. The van der Waals surface area contributed by atoms with E-state index in [9.17, 15) is 0 Å². The van der Waals surface area contributed by atoms with Crippen molar-refractivity contribution >= 4 is 21.8 Å². The highest BCUT2D eigenvalue weighted by Crippen LogP contribution is 2.14. The second kappa shape index (κ2) is 7.62. The van der Waals surface area contributed by atoms with Gasteiger partial charge in [0.2, 0.25) is 0 Å². The molecule has 0 aromatic heterocycles. The van der Waals surface area contributed by atoms with E-state index in [0.29, 0.717) is 0 Å². The van der Waals surface area contributed by atoms with Crippen LogP contribution in [0.5, 0.6) is 0 Å². The fraction of sp³-hybridized carbons (Fsp3) is 1.00. The number of hydrogen-bond donors (Lipinski definition) is 2. The molecule has 0 unspecified atom stereocenters. The lowest BCUT2D eigenvalue weighted by Crippen LogP contribution is -2.09. The van der Waals surface area contributed by atoms with Crippen molar-refractivity contribution in [2.75, 3.05) is 26.4 Å². The molecule has 0 amide bonds. The summed E-state index contributed by atoms with van der Waals surface area (Å²) in [5, 5.41) is 3.06. The molecular formula is C4H12N2S2. The minimum atomic E-state index is 1.08. The predicted octanol–water partition coefficient (Wildman–Crippen LogP) is 0.722. The Morgan fingerprint density at radius 2 is 2.12 bits per heavy atom. The molecule has 0 spiro atoms. The van der Waals surface area contributed by atoms with Crippen LogP contribution in [0, 0.1) is 0 Å². The molecule has 0 bridgehead atoms. The van der Waals surface area contributed by atoms with Crippen LogP contribution in [0.4, 0.5) is 0 Å². The van der Waals surface area contributed by atoms with Gasteiger partial charge in [-0.2, -0.15) is 0 Å². The number of rotatable bonds is 5. The SMILES string of the molecule is CNCCSSNC. The minimum Gasteiger partial charge on any atom is -0.319 e. The topological polar surface area (TPSA) is 24.1 Å². The van der Waals surface area contributed by atoms with Gasteiger partial charge in [-0.1, -0.05) is 10.8 Å². The molecule has 0 atom stereocenters. The van der Waals surface area contributed by atoms with Crippen LogP contribution >= 0.6 is 21.8 Å². The van der Waals surface area contributed by atoms with E-state index in [0.717, 1.165) is 12.3 Å². The van der Waals surface area contributed by atoms with E-state index < -0.39 is 0 Å². The van der Waals surface area contributed by atoms with Crippen molar-refractivity contribution in [2.45, 2.75) is 0 Å². The van der Waals surface area contributed by atoms with Crippen molar-refractivity contribution < 1.29 is 0 Å². The summed E-state index contributed by atoms with van der Waals surface area (Å²) in [6.07, 6.45) is 0. The fourth-order valence-corrected chi connectivity index (χ4v) is 1.59. The zero-order chi connectivity index (χ0) is 6.24. The number of nitrogens with one attached hydrogen (secondary N) is 2. The molecule has 4 heteroatoms. The van der Waals surface area contributed by atoms with Crippen molar-refractivity contribution in [1.82, 2.24) is 10.0 Å². The fourth-order valence-electron chi connectivity index (χ4n) is 0.244. The molecule has 8 heavy (non-hydrogen) atoms. The van der Waals surface area contributed by atoms with Crippen molar-refractivity contribution in [2.24, 2.45) is 0 Å². The maximum absolute atomic E-state index is 3.06. The van der Waals surface area contributed by atoms with Gasteiger partial charge >= 0.3 is 0 Å². The second-order valence-corrected chi connectivity index (χ2v) is 3.64. The van der Waals surface area contributed by atoms with Gasteiger partial charge in [0.1, 0.15) is 0 Å². The quantitative estimate of drug-likeness (QED) is 0.344. The molecule has 0 aliphatic rings. The summed E-state index contributed by atoms with van der Waals surface area (Å²) in [6, 6.07) is 0. The van der Waals surface area contributed by atoms with Crippen LogP contribution in [0.15, 0.2) is 0 Å². The van der Waals surface area contributed by atoms with Crippen LogP contribution in [0.25, 0.3) is 0 Å². The Kier molecular flexibility index (Phi) is 8.21. The lowest BCUT2D eigenvalue weighted by atomic mass is 10.8. The molecule has 0 aromatic rings. The lowest BCUT2D eigenvalue weighted by Gasteiger charge is -1.95. The van der Waals surface area contributed by atoms with Crippen molar-refractivity contribution in [3.8, 4) is 0 Å². The molecule has 0 saturated carbocycles. The van der Waals surface area contributed by atoms with Crippen LogP contribution in [0.3, 0.4) is 0 Å². The third kappa shape index (κ3) is 6.62. The Morgan fingerprint density at radius 1 is 1.38 bits per heavy atom. The molecular weight excluding hydrogens is 140 g/mol. The van der Waals surface area contributed by atoms with Gasteiger partial charge in [0.15, 0.2) is 0 Å². The number of hydrogen-bond acceptors (Lipinski definition) is 4. The van der Waals surface area contributed by atoms with E-state index >= 15 is 0 Å². The summed E-state index contributed by atoms with van der Waals surface area (Å²) in [4.78, 5) is 0. The monoisotopic (exact) mass is 152 g/mol. The van der Waals surface area contributed by atoms with Crippen molar-refractivity contribution in [3.05, 3.63) is 0 Å². The van der Waals surface area contributed by atoms with Crippen LogP contribution in [0.1, 0.15) is 0 Å². The van der Waals surface area contributed by atoms with E-state index in [1.54, 1.807) is 11.0 Å². The molecule has 2 N–H and O–H groups in total. The minimum absolute atomic E-state index is 1.08. The van der Waals surface area contributed by atoms with Crippen LogP contribution in [0.2, 0.25) is 0 Å². The smallest absolute Gasteiger partial charge is 0.0175 e. The summed E-state index contributed by atoms with van der Waals surface area (Å²) in [5.74, 6) is 1.15. The zero-order valence-corrected chi connectivity index (χ0v) is 6.86. The van der Waals surface area contributed by atoms with Crippen LogP contribution in [-0.2, 0) is 0 Å². The highest BCUT2D eigenvalue weighted by molar-refractivity contribution is 8.76. The van der Waals surface area contributed by atoms with E-state index in [2.05, 4.69) is 10.0 Å². The Labute approximate surface area is 58.7 Å². The Morgan fingerprint density at radius 3 is 2.62 bits per heavy atom. The molecule has 0 aromatic carbocycles. The normalized spacial score (nSPS) is 9.75. The molecule has 2 nitrogen and oxygen atoms in total. The molecule has 0 saturated heterocycles. The van der Waals surface area contributed by atoms with Gasteiger partial charge in [0.05, 0.1) is 0 Å². The summed E-state index contributed by atoms with van der Waals surface area (Å²) in [6.45, 7) is 1.08. The van der Waals surface area contributed by atoms with E-state index in [1.807, 2.05) is 24.9 Å². The second-order valence-electron chi connectivity index (χ2n) is 1.21. The van der Waals surface area contributed by atoms with E-state index in [4.69, 9.17) is 0 Å². The van der Waals surface area contributed by atoms with E-state index in [1.165, 1.54) is 0 Å². The first-order valence-electron chi connectivity index (χ1n) is 2.51. The predicted molar refractivity (Wildman–Crippen MR) is 43.0 cm³/mol. The third-order valence-corrected chi connectivity index (χ3v) is 2.59. The van der Waals surface area contributed by atoms with Gasteiger partial charge in [-0.3, -0.25) is 4.72 Å². The molecule has 50 valence electrons. The standard InChI is InChI=1S/C4H12N2S2/c1-5-3-4-7-8-6-2/h5-6H,3-4H2,1-2H3. The van der Waals surface area contributed by atoms with Gasteiger partial charge in [0.25, 0.3) is 0 Å². The molecule has 0 aliphatic carbocycles. The maximum Gasteiger partial charge on any atom is 0.0175 e. The average Bonchev–Trinajstić information content (AvgIpc) is 1.81. The lowest BCUT2D eigenvalue weighted by molar-refractivity contribution is 0.873. The summed E-state index contributed by atoms with van der Waals surface area (Å²) >= 11 is 0. The average molecular weight is 152 g/mol. The Balaban J connectivity index is 2.53. The summed E-state index contributed by atoms with van der Waals surface area (Å²) < 4.78 is 2.98. The zero-order valence-electron chi connectivity index (χ0n) is 5.23. The van der Waals surface area contributed by atoms with Crippen molar-refractivity contribution in [3.63, 3.8) is 0 Å². The Bertz CT molecular complexity index is 37.0. The molecule has 0 aliphatic heterocycles. The van der Waals surface area contributed by atoms with Crippen LogP contribution < -0.4 is 10.0 Å². The van der Waals surface area contributed by atoms with Gasteiger partial charge in [0, 0.05) is 12.3 Å². The van der Waals surface area contributed by atoms with E-state index in [-0.39, 0.29) is 0 Å².